The van der Waals surface area contributed by atoms with E-state index in [9.17, 15) is 19.5 Å². The highest BCUT2D eigenvalue weighted by Crippen LogP contribution is 2.37. The molecule has 0 aliphatic rings. The second kappa shape index (κ2) is 11.7. The van der Waals surface area contributed by atoms with Gasteiger partial charge in [-0.3, -0.25) is 9.59 Å². The number of hydrogen-bond acceptors (Lipinski definition) is 4. The summed E-state index contributed by atoms with van der Waals surface area (Å²) in [4.78, 5) is 38.5. The molecule has 0 fully saturated rings. The van der Waals surface area contributed by atoms with E-state index in [4.69, 9.17) is 0 Å². The van der Waals surface area contributed by atoms with Crippen LogP contribution in [0.2, 0.25) is 0 Å². The minimum Gasteiger partial charge on any atom is -0.478 e. The van der Waals surface area contributed by atoms with Crippen LogP contribution in [0, 0.1) is 0 Å². The van der Waals surface area contributed by atoms with Crippen LogP contribution in [0.3, 0.4) is 0 Å². The van der Waals surface area contributed by atoms with Crippen molar-refractivity contribution in [3.8, 4) is 0 Å². The number of nitrogens with one attached hydrogen (secondary N) is 2. The Balaban J connectivity index is 1.35. The Hall–Kier alpha value is -4.88. The fraction of sp³-hybridized carbons (Fsp3) is 0.0312. The number of anilines is 2. The molecule has 0 spiro atoms. The Morgan fingerprint density at radius 2 is 1.31 bits per heavy atom. The number of fused-ring (bicyclic) bond motifs is 1. The van der Waals surface area contributed by atoms with E-state index in [1.54, 1.807) is 24.3 Å². The minimum absolute atomic E-state index is 0.0894. The Kier molecular flexibility index (Phi) is 7.70. The van der Waals surface area contributed by atoms with Crippen molar-refractivity contribution in [1.82, 2.24) is 0 Å². The van der Waals surface area contributed by atoms with Gasteiger partial charge < -0.3 is 15.7 Å². The molecule has 3 N–H and O–H groups in total. The van der Waals surface area contributed by atoms with Gasteiger partial charge in [0.05, 0.1) is 5.56 Å². The summed E-state index contributed by atoms with van der Waals surface area (Å²) in [5.74, 6) is -1.58. The van der Waals surface area contributed by atoms with Crippen LogP contribution < -0.4 is 10.6 Å². The third-order valence-electron chi connectivity index (χ3n) is 6.08. The molecule has 0 heterocycles. The van der Waals surface area contributed by atoms with Crippen LogP contribution in [0.4, 0.5) is 11.4 Å². The zero-order valence-electron chi connectivity index (χ0n) is 20.7. The summed E-state index contributed by atoms with van der Waals surface area (Å²) in [5, 5.41) is 16.5. The number of carboxylic acid groups (broad SMARTS) is 1. The van der Waals surface area contributed by atoms with Gasteiger partial charge >= 0.3 is 5.97 Å². The molecule has 192 valence electrons. The van der Waals surface area contributed by atoms with Crippen LogP contribution in [-0.4, -0.2) is 22.9 Å². The van der Waals surface area contributed by atoms with Gasteiger partial charge in [0, 0.05) is 21.8 Å². The highest BCUT2D eigenvalue weighted by molar-refractivity contribution is 8.00. The average Bonchev–Trinajstić information content (AvgIpc) is 2.96. The standard InChI is InChI=1S/C32H24N2O4S/c35-30(24-17-16-21-8-4-5-11-23(21)18-24)33-27-14-7-15-28(20-27)39-29(22-9-2-1-3-10-22)31(36)34-26-13-6-12-25(19-26)32(37)38/h1-20,29H,(H,33,35)(H,34,36)(H,37,38). The van der Waals surface area contributed by atoms with Crippen molar-refractivity contribution in [3.63, 3.8) is 0 Å². The van der Waals surface area contributed by atoms with Gasteiger partial charge in [-0.05, 0) is 64.9 Å². The monoisotopic (exact) mass is 532 g/mol. The van der Waals surface area contributed by atoms with E-state index in [0.717, 1.165) is 21.2 Å². The van der Waals surface area contributed by atoms with E-state index in [0.29, 0.717) is 16.9 Å². The first-order chi connectivity index (χ1) is 19.0. The van der Waals surface area contributed by atoms with Crippen LogP contribution in [-0.2, 0) is 4.79 Å². The van der Waals surface area contributed by atoms with E-state index in [-0.39, 0.29) is 17.4 Å². The zero-order chi connectivity index (χ0) is 27.2. The van der Waals surface area contributed by atoms with Crippen LogP contribution in [0.15, 0.2) is 126 Å². The van der Waals surface area contributed by atoms with Crippen molar-refractivity contribution in [3.05, 3.63) is 138 Å². The maximum Gasteiger partial charge on any atom is 0.335 e. The number of amides is 2. The minimum atomic E-state index is -1.07. The van der Waals surface area contributed by atoms with E-state index in [2.05, 4.69) is 10.6 Å². The third-order valence-corrected chi connectivity index (χ3v) is 7.32. The van der Waals surface area contributed by atoms with Crippen molar-refractivity contribution >= 4 is 51.7 Å². The number of hydrogen-bond donors (Lipinski definition) is 3. The molecule has 0 aliphatic carbocycles. The molecular weight excluding hydrogens is 508 g/mol. The van der Waals surface area contributed by atoms with Crippen LogP contribution in [0.1, 0.15) is 31.5 Å². The van der Waals surface area contributed by atoms with Gasteiger partial charge in [0.15, 0.2) is 0 Å². The molecule has 7 heteroatoms. The molecule has 1 unspecified atom stereocenters. The van der Waals surface area contributed by atoms with Gasteiger partial charge in [-0.1, -0.05) is 72.8 Å². The molecule has 5 rings (SSSR count). The number of carboxylic acids is 1. The summed E-state index contributed by atoms with van der Waals surface area (Å²) >= 11 is 1.34. The molecule has 39 heavy (non-hydrogen) atoms. The molecule has 0 saturated heterocycles. The van der Waals surface area contributed by atoms with Crippen molar-refractivity contribution in [1.29, 1.82) is 0 Å². The van der Waals surface area contributed by atoms with Crippen LogP contribution in [0.25, 0.3) is 10.8 Å². The lowest BCUT2D eigenvalue weighted by molar-refractivity contribution is -0.115. The predicted octanol–water partition coefficient (Wildman–Crippen LogP) is 7.26. The first-order valence-corrected chi connectivity index (χ1v) is 13.1. The number of rotatable bonds is 8. The second-order valence-electron chi connectivity index (χ2n) is 8.83. The van der Waals surface area contributed by atoms with E-state index in [1.807, 2.05) is 84.9 Å². The molecule has 0 saturated carbocycles. The number of carbonyl (C=O) groups excluding carboxylic acids is 2. The number of aromatic carboxylic acids is 1. The molecule has 0 bridgehead atoms. The summed E-state index contributed by atoms with van der Waals surface area (Å²) in [6, 6.07) is 36.3. The largest absolute Gasteiger partial charge is 0.478 e. The molecule has 0 radical (unpaired) electrons. The Bertz CT molecular complexity index is 1670. The van der Waals surface area contributed by atoms with Crippen molar-refractivity contribution in [2.45, 2.75) is 10.1 Å². The Morgan fingerprint density at radius 1 is 0.615 bits per heavy atom. The quantitative estimate of drug-likeness (QED) is 0.183. The fourth-order valence-corrected chi connectivity index (χ4v) is 5.24. The predicted molar refractivity (Wildman–Crippen MR) is 155 cm³/mol. The maximum absolute atomic E-state index is 13.4. The Labute approximate surface area is 229 Å². The van der Waals surface area contributed by atoms with Gasteiger partial charge in [0.2, 0.25) is 5.91 Å². The van der Waals surface area contributed by atoms with Gasteiger partial charge in [-0.25, -0.2) is 4.79 Å². The lowest BCUT2D eigenvalue weighted by atomic mass is 10.1. The molecule has 2 amide bonds. The average molecular weight is 533 g/mol. The summed E-state index contributed by atoms with van der Waals surface area (Å²) < 4.78 is 0. The molecular formula is C32H24N2O4S. The van der Waals surface area contributed by atoms with Gasteiger partial charge in [-0.15, -0.1) is 11.8 Å². The molecule has 0 aliphatic heterocycles. The maximum atomic E-state index is 13.4. The number of thioether (sulfide) groups is 1. The van der Waals surface area contributed by atoms with Crippen LogP contribution in [0.5, 0.6) is 0 Å². The first-order valence-electron chi connectivity index (χ1n) is 12.2. The zero-order valence-corrected chi connectivity index (χ0v) is 21.5. The van der Waals surface area contributed by atoms with E-state index >= 15 is 0 Å². The SMILES string of the molecule is O=C(O)c1cccc(NC(=O)C(Sc2cccc(NC(=O)c3ccc4ccccc4c3)c2)c2ccccc2)c1. The van der Waals surface area contributed by atoms with Crippen molar-refractivity contribution in [2.24, 2.45) is 0 Å². The molecule has 5 aromatic carbocycles. The van der Waals surface area contributed by atoms with E-state index < -0.39 is 11.2 Å². The van der Waals surface area contributed by atoms with Crippen molar-refractivity contribution < 1.29 is 19.5 Å². The smallest absolute Gasteiger partial charge is 0.335 e. The van der Waals surface area contributed by atoms with E-state index in [1.165, 1.54) is 23.9 Å². The number of carbonyl (C=O) groups is 3. The van der Waals surface area contributed by atoms with Gasteiger partial charge in [0.1, 0.15) is 5.25 Å². The molecule has 5 aromatic rings. The topological polar surface area (TPSA) is 95.5 Å². The molecule has 1 atom stereocenters. The van der Waals surface area contributed by atoms with Gasteiger partial charge in [-0.2, -0.15) is 0 Å². The summed E-state index contributed by atoms with van der Waals surface area (Å²) in [6.45, 7) is 0. The Morgan fingerprint density at radius 3 is 2.08 bits per heavy atom. The lowest BCUT2D eigenvalue weighted by Crippen LogP contribution is -2.19. The van der Waals surface area contributed by atoms with Crippen molar-refractivity contribution in [2.75, 3.05) is 10.6 Å². The number of benzene rings is 5. The summed E-state index contributed by atoms with van der Waals surface area (Å²) in [5.41, 5.74) is 2.45. The second-order valence-corrected chi connectivity index (χ2v) is 10.0. The molecule has 6 nitrogen and oxygen atoms in total. The summed E-state index contributed by atoms with van der Waals surface area (Å²) in [7, 11) is 0. The highest BCUT2D eigenvalue weighted by atomic mass is 32.2. The summed E-state index contributed by atoms with van der Waals surface area (Å²) in [6.07, 6.45) is 0. The molecule has 0 aromatic heterocycles. The fourth-order valence-electron chi connectivity index (χ4n) is 4.16. The highest BCUT2D eigenvalue weighted by Gasteiger charge is 2.23. The lowest BCUT2D eigenvalue weighted by Gasteiger charge is -2.18. The van der Waals surface area contributed by atoms with Crippen LogP contribution >= 0.6 is 11.8 Å². The normalized spacial score (nSPS) is 11.5. The third kappa shape index (κ3) is 6.34. The van der Waals surface area contributed by atoms with Gasteiger partial charge in [0.25, 0.3) is 5.91 Å². The first kappa shape index (κ1) is 25.8.